The molecule has 11 heteroatoms. The molecular formula is C32H34ClN3O6S. The van der Waals surface area contributed by atoms with Crippen molar-refractivity contribution in [3.8, 4) is 35.3 Å². The lowest BCUT2D eigenvalue weighted by molar-refractivity contribution is -0.127. The molecular weight excluding hydrogens is 590 g/mol. The highest BCUT2D eigenvalue weighted by Gasteiger charge is 2.36. The van der Waals surface area contributed by atoms with Crippen LogP contribution in [0.25, 0.3) is 6.08 Å². The summed E-state index contributed by atoms with van der Waals surface area (Å²) in [5.74, 6) is 4.03. The molecule has 226 valence electrons. The molecule has 0 saturated heterocycles. The minimum atomic E-state index is -0.807. The summed E-state index contributed by atoms with van der Waals surface area (Å²) in [7, 11) is 3.11. The molecule has 0 radical (unpaired) electrons. The molecule has 1 aliphatic rings. The van der Waals surface area contributed by atoms with E-state index < -0.39 is 6.04 Å². The summed E-state index contributed by atoms with van der Waals surface area (Å²) in [6.45, 7) is 8.87. The molecule has 0 aliphatic carbocycles. The van der Waals surface area contributed by atoms with Crippen molar-refractivity contribution in [3.05, 3.63) is 77.4 Å². The number of likely N-dealkylation sites (N-methyl/N-ethyl adjacent to an activating group) is 1. The maximum absolute atomic E-state index is 14.2. The first-order valence-corrected chi connectivity index (χ1v) is 15.0. The fraction of sp³-hybridized carbons (Fsp3) is 0.344. The Morgan fingerprint density at radius 2 is 1.88 bits per heavy atom. The first kappa shape index (κ1) is 31.7. The molecule has 1 atom stereocenters. The van der Waals surface area contributed by atoms with Crippen molar-refractivity contribution in [3.63, 3.8) is 0 Å². The number of aromatic nitrogens is 1. The maximum atomic E-state index is 14.2. The van der Waals surface area contributed by atoms with E-state index in [1.165, 1.54) is 11.3 Å². The fourth-order valence-corrected chi connectivity index (χ4v) is 6.28. The van der Waals surface area contributed by atoms with Gasteiger partial charge in [-0.3, -0.25) is 14.2 Å². The molecule has 0 unspecified atom stereocenters. The minimum Gasteiger partial charge on any atom is -0.497 e. The number of methoxy groups -OCH3 is 2. The van der Waals surface area contributed by atoms with Crippen molar-refractivity contribution < 1.29 is 23.7 Å². The van der Waals surface area contributed by atoms with Gasteiger partial charge in [-0.05, 0) is 69.7 Å². The van der Waals surface area contributed by atoms with E-state index in [1.807, 2.05) is 20.8 Å². The lowest BCUT2D eigenvalue weighted by Gasteiger charge is -2.30. The van der Waals surface area contributed by atoms with Crippen LogP contribution >= 0.6 is 22.9 Å². The fourth-order valence-electron chi connectivity index (χ4n) is 4.96. The standard InChI is InChI=1S/C32H34ClN3O6S/c1-8-14-42-29-23(33)15-20(16-25(29)41-11-4)17-26-30(37)36-28(22-18-21(39-6)12-13-24(22)40-7)27(19(5)34-32(36)43-26)31(38)35(9-2)10-3/h1,12-13,15-18,28H,9-11,14H2,2-7H3/b26-17+/t28-/m0/s1. The lowest BCUT2D eigenvalue weighted by atomic mass is 9.93. The van der Waals surface area contributed by atoms with Crippen LogP contribution in [0.15, 0.2) is 51.4 Å². The number of fused-ring (bicyclic) bond motifs is 1. The van der Waals surface area contributed by atoms with Crippen LogP contribution in [0.5, 0.6) is 23.0 Å². The highest BCUT2D eigenvalue weighted by Crippen LogP contribution is 2.39. The highest BCUT2D eigenvalue weighted by molar-refractivity contribution is 7.07. The lowest BCUT2D eigenvalue weighted by Crippen LogP contribution is -2.43. The van der Waals surface area contributed by atoms with Gasteiger partial charge in [0.15, 0.2) is 16.3 Å². The van der Waals surface area contributed by atoms with Crippen LogP contribution in [0, 0.1) is 12.3 Å². The third-order valence-electron chi connectivity index (χ3n) is 6.96. The number of terminal acetylenes is 1. The van der Waals surface area contributed by atoms with Crippen LogP contribution < -0.4 is 33.8 Å². The van der Waals surface area contributed by atoms with Gasteiger partial charge < -0.3 is 23.8 Å². The van der Waals surface area contributed by atoms with E-state index in [2.05, 4.69) is 5.92 Å². The summed E-state index contributed by atoms with van der Waals surface area (Å²) in [5, 5.41) is 0.294. The number of nitrogens with zero attached hydrogens (tertiary/aromatic N) is 3. The van der Waals surface area contributed by atoms with E-state index >= 15 is 0 Å². The van der Waals surface area contributed by atoms with Gasteiger partial charge in [-0.15, -0.1) is 6.42 Å². The molecule has 0 N–H and O–H groups in total. The van der Waals surface area contributed by atoms with Crippen molar-refractivity contribution >= 4 is 34.9 Å². The van der Waals surface area contributed by atoms with Crippen LogP contribution in [0.1, 0.15) is 44.9 Å². The third-order valence-corrected chi connectivity index (χ3v) is 8.23. The van der Waals surface area contributed by atoms with Gasteiger partial charge in [0.1, 0.15) is 24.1 Å². The molecule has 0 bridgehead atoms. The van der Waals surface area contributed by atoms with Crippen LogP contribution in [0.2, 0.25) is 5.02 Å². The van der Waals surface area contributed by atoms with Crippen LogP contribution in [0.3, 0.4) is 0 Å². The molecule has 43 heavy (non-hydrogen) atoms. The van der Waals surface area contributed by atoms with E-state index in [1.54, 1.807) is 67.0 Å². The van der Waals surface area contributed by atoms with Gasteiger partial charge in [0.25, 0.3) is 11.5 Å². The largest absolute Gasteiger partial charge is 0.497 e. The van der Waals surface area contributed by atoms with Crippen LogP contribution in [0.4, 0.5) is 0 Å². The Morgan fingerprint density at radius 1 is 1.14 bits per heavy atom. The van der Waals surface area contributed by atoms with Gasteiger partial charge in [0, 0.05) is 18.7 Å². The number of benzene rings is 2. The summed E-state index contributed by atoms with van der Waals surface area (Å²) in [4.78, 5) is 35.0. The smallest absolute Gasteiger partial charge is 0.271 e. The number of allylic oxidation sites excluding steroid dienone is 1. The number of hydrogen-bond donors (Lipinski definition) is 0. The molecule has 1 aliphatic heterocycles. The summed E-state index contributed by atoms with van der Waals surface area (Å²) in [6, 6.07) is 7.93. The Labute approximate surface area is 259 Å². The monoisotopic (exact) mass is 623 g/mol. The van der Waals surface area contributed by atoms with E-state index in [9.17, 15) is 9.59 Å². The number of hydrogen-bond acceptors (Lipinski definition) is 8. The zero-order valence-corrected chi connectivity index (χ0v) is 26.6. The van der Waals surface area contributed by atoms with E-state index in [0.717, 1.165) is 0 Å². The Balaban J connectivity index is 1.98. The number of halogens is 1. The van der Waals surface area contributed by atoms with Gasteiger partial charge in [-0.1, -0.05) is 28.9 Å². The normalized spacial score (nSPS) is 14.5. The van der Waals surface area contributed by atoms with E-state index in [0.29, 0.717) is 79.4 Å². The molecule has 2 aromatic carbocycles. The van der Waals surface area contributed by atoms with Crippen molar-refractivity contribution in [2.24, 2.45) is 4.99 Å². The van der Waals surface area contributed by atoms with Crippen molar-refractivity contribution in [1.82, 2.24) is 9.47 Å². The number of carbonyl (C=O) groups is 1. The third kappa shape index (κ3) is 6.28. The average molecular weight is 624 g/mol. The van der Waals surface area contributed by atoms with Gasteiger partial charge in [-0.2, -0.15) is 0 Å². The van der Waals surface area contributed by atoms with Crippen LogP contribution in [-0.2, 0) is 4.79 Å². The molecule has 2 heterocycles. The quantitative estimate of drug-likeness (QED) is 0.298. The van der Waals surface area contributed by atoms with Crippen molar-refractivity contribution in [1.29, 1.82) is 0 Å². The summed E-state index contributed by atoms with van der Waals surface area (Å²) >= 11 is 7.76. The molecule has 9 nitrogen and oxygen atoms in total. The van der Waals surface area contributed by atoms with Gasteiger partial charge in [0.2, 0.25) is 0 Å². The number of thiazole rings is 1. The Morgan fingerprint density at radius 3 is 2.51 bits per heavy atom. The number of rotatable bonds is 11. The zero-order chi connectivity index (χ0) is 31.3. The second kappa shape index (κ2) is 13.8. The number of carbonyl (C=O) groups excluding carboxylic acids is 1. The molecule has 4 rings (SSSR count). The second-order valence-corrected chi connectivity index (χ2v) is 10.8. The van der Waals surface area contributed by atoms with E-state index in [4.69, 9.17) is 42.0 Å². The Bertz CT molecular complexity index is 1780. The average Bonchev–Trinajstić information content (AvgIpc) is 3.30. The molecule has 0 fully saturated rings. The number of amides is 1. The second-order valence-electron chi connectivity index (χ2n) is 9.42. The predicted octanol–water partition coefficient (Wildman–Crippen LogP) is 4.18. The SMILES string of the molecule is C#CCOc1c(Cl)cc(/C=c2/sc3n(c2=O)[C@@H](c2cc(OC)ccc2OC)C(C(=O)N(CC)CC)=C(C)N=3)cc1OCC. The summed E-state index contributed by atoms with van der Waals surface area (Å²) in [5.41, 5.74) is 1.83. The first-order valence-electron chi connectivity index (χ1n) is 13.8. The Kier molecular flexibility index (Phi) is 10.2. The van der Waals surface area contributed by atoms with Gasteiger partial charge in [-0.25, -0.2) is 4.99 Å². The molecule has 1 amide bonds. The maximum Gasteiger partial charge on any atom is 0.271 e. The van der Waals surface area contributed by atoms with Crippen molar-refractivity contribution in [2.75, 3.05) is 40.5 Å². The zero-order valence-electron chi connectivity index (χ0n) is 25.0. The van der Waals surface area contributed by atoms with Crippen LogP contribution in [-0.4, -0.2) is 55.9 Å². The van der Waals surface area contributed by atoms with Crippen molar-refractivity contribution in [2.45, 2.75) is 33.7 Å². The molecule has 0 spiro atoms. The molecule has 3 aromatic rings. The minimum absolute atomic E-state index is 0.0272. The molecule has 1 aromatic heterocycles. The summed E-state index contributed by atoms with van der Waals surface area (Å²) in [6.07, 6.45) is 7.07. The predicted molar refractivity (Wildman–Crippen MR) is 168 cm³/mol. The first-order chi connectivity index (χ1) is 20.7. The number of ether oxygens (including phenoxy) is 4. The van der Waals surface area contributed by atoms with E-state index in [-0.39, 0.29) is 18.1 Å². The topological polar surface area (TPSA) is 91.6 Å². The Hall–Kier alpha value is -4.20. The highest BCUT2D eigenvalue weighted by atomic mass is 35.5. The van der Waals surface area contributed by atoms with Gasteiger partial charge in [0.05, 0.1) is 41.7 Å². The molecule has 0 saturated carbocycles. The van der Waals surface area contributed by atoms with Gasteiger partial charge >= 0.3 is 0 Å². The summed E-state index contributed by atoms with van der Waals surface area (Å²) < 4.78 is 24.5.